The van der Waals surface area contributed by atoms with Crippen LogP contribution in [0.15, 0.2) is 24.3 Å². The first-order chi connectivity index (χ1) is 12.7. The van der Waals surface area contributed by atoms with Crippen molar-refractivity contribution in [1.29, 1.82) is 0 Å². The fourth-order valence-corrected chi connectivity index (χ4v) is 4.24. The van der Waals surface area contributed by atoms with Gasteiger partial charge in [-0.25, -0.2) is 0 Å². The zero-order valence-corrected chi connectivity index (χ0v) is 14.7. The molecule has 0 saturated carbocycles. The van der Waals surface area contributed by atoms with E-state index < -0.39 is 40.9 Å². The van der Waals surface area contributed by atoms with Crippen LogP contribution in [0.3, 0.4) is 0 Å². The van der Waals surface area contributed by atoms with Gasteiger partial charge in [-0.3, -0.25) is 9.59 Å². The molecule has 27 heavy (non-hydrogen) atoms. The molecule has 0 fully saturated rings. The molecule has 0 unspecified atom stereocenters. The fourth-order valence-electron chi connectivity index (χ4n) is 4.24. The van der Waals surface area contributed by atoms with E-state index in [0.29, 0.717) is 0 Å². The molecule has 0 aliphatic heterocycles. The van der Waals surface area contributed by atoms with E-state index in [1.54, 1.807) is 12.1 Å². The van der Waals surface area contributed by atoms with Crippen LogP contribution in [0.25, 0.3) is 0 Å². The molecular weight excluding hydrogens is 352 g/mol. The number of phenolic OH excluding ortho intramolecular Hbond substituents is 2. The highest BCUT2D eigenvalue weighted by atomic mass is 16.5. The second kappa shape index (κ2) is 5.63. The van der Waals surface area contributed by atoms with Crippen molar-refractivity contribution < 1.29 is 34.8 Å². The second-order valence-corrected chi connectivity index (χ2v) is 7.17. The number of aromatic hydroxyl groups is 2. The lowest BCUT2D eigenvalue weighted by atomic mass is 9.72. The maximum Gasteiger partial charge on any atom is 0.198 e. The van der Waals surface area contributed by atoms with Gasteiger partial charge in [0.05, 0.1) is 22.8 Å². The van der Waals surface area contributed by atoms with Gasteiger partial charge in [0.25, 0.3) is 0 Å². The van der Waals surface area contributed by atoms with Crippen molar-refractivity contribution in [2.24, 2.45) is 0 Å². The standard InChI is InChI=1S/C20H18O7/c1-20(26)7-10(21)11-14(19(20)27-2)18(25)13-12(17(11)24)15(22)8-5-3-4-6-9(8)16(13)23/h3-6,10,19,21,24-26H,7H2,1-2H3/t10-,19+,20+/m0/s1. The number of fused-ring (bicyclic) bond motifs is 3. The first kappa shape index (κ1) is 17.7. The Hall–Kier alpha value is -2.74. The average Bonchev–Trinajstić information content (AvgIpc) is 2.61. The number of benzene rings is 2. The molecule has 2 aliphatic rings. The number of carbonyl (C=O) groups is 2. The summed E-state index contributed by atoms with van der Waals surface area (Å²) in [5, 5.41) is 42.8. The zero-order valence-electron chi connectivity index (χ0n) is 14.7. The number of ether oxygens (including phenoxy) is 1. The number of aliphatic hydroxyl groups excluding tert-OH is 1. The Bertz CT molecular complexity index is 1010. The van der Waals surface area contributed by atoms with Gasteiger partial charge in [0.1, 0.15) is 17.6 Å². The summed E-state index contributed by atoms with van der Waals surface area (Å²) in [6.07, 6.45) is -2.63. The molecule has 0 bridgehead atoms. The third kappa shape index (κ3) is 2.19. The van der Waals surface area contributed by atoms with E-state index in [-0.39, 0.29) is 39.8 Å². The maximum absolute atomic E-state index is 13.0. The Morgan fingerprint density at radius 3 is 1.96 bits per heavy atom. The largest absolute Gasteiger partial charge is 0.507 e. The van der Waals surface area contributed by atoms with Gasteiger partial charge < -0.3 is 25.2 Å². The van der Waals surface area contributed by atoms with Crippen molar-refractivity contribution in [3.05, 3.63) is 57.6 Å². The zero-order chi connectivity index (χ0) is 19.7. The van der Waals surface area contributed by atoms with Crippen LogP contribution in [0, 0.1) is 0 Å². The highest BCUT2D eigenvalue weighted by molar-refractivity contribution is 6.30. The predicted octanol–water partition coefficient (Wildman–Crippen LogP) is 1.75. The number of ketones is 2. The van der Waals surface area contributed by atoms with Crippen LogP contribution in [0.2, 0.25) is 0 Å². The lowest BCUT2D eigenvalue weighted by Crippen LogP contribution is -2.41. The van der Waals surface area contributed by atoms with Gasteiger partial charge in [-0.15, -0.1) is 0 Å². The molecule has 4 N–H and O–H groups in total. The number of rotatable bonds is 1. The summed E-state index contributed by atoms with van der Waals surface area (Å²) in [7, 11) is 1.30. The Morgan fingerprint density at radius 2 is 1.48 bits per heavy atom. The molecule has 3 atom stereocenters. The molecule has 140 valence electrons. The molecule has 0 amide bonds. The lowest BCUT2D eigenvalue weighted by molar-refractivity contribution is -0.119. The smallest absolute Gasteiger partial charge is 0.198 e. The van der Waals surface area contributed by atoms with Crippen molar-refractivity contribution in [2.75, 3.05) is 7.11 Å². The SMILES string of the molecule is CO[C@@H]1c2c(O)c3c(c(O)c2[C@@H](O)C[C@@]1(C)O)C(=O)c1ccccc1C3=O. The number of phenols is 2. The minimum Gasteiger partial charge on any atom is -0.507 e. The van der Waals surface area contributed by atoms with Gasteiger partial charge in [0.15, 0.2) is 11.6 Å². The van der Waals surface area contributed by atoms with E-state index in [2.05, 4.69) is 0 Å². The van der Waals surface area contributed by atoms with Gasteiger partial charge in [-0.1, -0.05) is 24.3 Å². The molecule has 0 saturated heterocycles. The second-order valence-electron chi connectivity index (χ2n) is 7.17. The normalized spacial score (nSPS) is 26.4. The van der Waals surface area contributed by atoms with Gasteiger partial charge >= 0.3 is 0 Å². The first-order valence-electron chi connectivity index (χ1n) is 8.44. The monoisotopic (exact) mass is 370 g/mol. The van der Waals surface area contributed by atoms with Crippen molar-refractivity contribution in [3.8, 4) is 11.5 Å². The average molecular weight is 370 g/mol. The number of methoxy groups -OCH3 is 1. The number of hydrogen-bond acceptors (Lipinski definition) is 7. The van der Waals surface area contributed by atoms with E-state index in [1.165, 1.54) is 26.2 Å². The van der Waals surface area contributed by atoms with E-state index >= 15 is 0 Å². The van der Waals surface area contributed by atoms with Gasteiger partial charge in [0, 0.05) is 35.8 Å². The van der Waals surface area contributed by atoms with Crippen molar-refractivity contribution >= 4 is 11.6 Å². The topological polar surface area (TPSA) is 124 Å². The van der Waals surface area contributed by atoms with Crippen molar-refractivity contribution in [2.45, 2.75) is 31.2 Å². The minimum atomic E-state index is -1.56. The van der Waals surface area contributed by atoms with Gasteiger partial charge in [-0.2, -0.15) is 0 Å². The Balaban J connectivity index is 2.10. The van der Waals surface area contributed by atoms with Crippen LogP contribution >= 0.6 is 0 Å². The predicted molar refractivity (Wildman–Crippen MR) is 93.0 cm³/mol. The van der Waals surface area contributed by atoms with E-state index in [1.807, 2.05) is 0 Å². The highest BCUT2D eigenvalue weighted by Crippen LogP contribution is 2.54. The molecule has 0 aromatic heterocycles. The minimum absolute atomic E-state index is 0.0852. The van der Waals surface area contributed by atoms with Crippen molar-refractivity contribution in [3.63, 3.8) is 0 Å². The molecule has 0 spiro atoms. The molecule has 2 aliphatic carbocycles. The van der Waals surface area contributed by atoms with Crippen LogP contribution in [0.5, 0.6) is 11.5 Å². The summed E-state index contributed by atoms with van der Waals surface area (Å²) < 4.78 is 5.31. The first-order valence-corrected chi connectivity index (χ1v) is 8.44. The maximum atomic E-state index is 13.0. The van der Waals surface area contributed by atoms with Gasteiger partial charge in [0.2, 0.25) is 0 Å². The van der Waals surface area contributed by atoms with E-state index in [9.17, 15) is 30.0 Å². The summed E-state index contributed by atoms with van der Waals surface area (Å²) in [4.78, 5) is 25.9. The van der Waals surface area contributed by atoms with Crippen LogP contribution in [-0.4, -0.2) is 44.7 Å². The van der Waals surface area contributed by atoms with Crippen molar-refractivity contribution in [1.82, 2.24) is 0 Å². The quantitative estimate of drug-likeness (QED) is 0.481. The molecule has 2 aromatic rings. The van der Waals surface area contributed by atoms with Crippen LogP contribution in [0.4, 0.5) is 0 Å². The van der Waals surface area contributed by atoms with Crippen LogP contribution < -0.4 is 0 Å². The summed E-state index contributed by atoms with van der Waals surface area (Å²) in [5.41, 5.74) is -2.21. The number of hydrogen-bond donors (Lipinski definition) is 4. The lowest BCUT2D eigenvalue weighted by Gasteiger charge is -2.41. The Morgan fingerprint density at radius 1 is 1.00 bits per heavy atom. The van der Waals surface area contributed by atoms with Crippen LogP contribution in [0.1, 0.15) is 68.5 Å². The third-order valence-corrected chi connectivity index (χ3v) is 5.40. The third-order valence-electron chi connectivity index (χ3n) is 5.40. The molecule has 0 radical (unpaired) electrons. The molecule has 7 nitrogen and oxygen atoms in total. The summed E-state index contributed by atoms with van der Waals surface area (Å²) in [5.74, 6) is -2.38. The molecule has 2 aromatic carbocycles. The highest BCUT2D eigenvalue weighted by Gasteiger charge is 2.48. The summed E-state index contributed by atoms with van der Waals surface area (Å²) in [6, 6.07) is 6.12. The summed E-state index contributed by atoms with van der Waals surface area (Å²) >= 11 is 0. The van der Waals surface area contributed by atoms with Crippen LogP contribution in [-0.2, 0) is 4.74 Å². The van der Waals surface area contributed by atoms with E-state index in [0.717, 1.165) is 0 Å². The molecule has 7 heteroatoms. The number of carbonyl (C=O) groups excluding carboxylic acids is 2. The summed E-state index contributed by atoms with van der Waals surface area (Å²) in [6.45, 7) is 1.42. The molecule has 0 heterocycles. The molecular formula is C20H18O7. The van der Waals surface area contributed by atoms with E-state index in [4.69, 9.17) is 4.74 Å². The Kier molecular flexibility index (Phi) is 3.68. The Labute approximate surface area is 154 Å². The fraction of sp³-hybridized carbons (Fsp3) is 0.300. The number of aliphatic hydroxyl groups is 2. The van der Waals surface area contributed by atoms with Gasteiger partial charge in [-0.05, 0) is 6.92 Å². The molecule has 4 rings (SSSR count).